The fourth-order valence-corrected chi connectivity index (χ4v) is 2.28. The second kappa shape index (κ2) is 13.3. The van der Waals surface area contributed by atoms with Crippen molar-refractivity contribution in [2.75, 3.05) is 6.61 Å². The highest BCUT2D eigenvalue weighted by Crippen LogP contribution is 2.10. The van der Waals surface area contributed by atoms with E-state index < -0.39 is 0 Å². The van der Waals surface area contributed by atoms with Gasteiger partial charge in [-0.1, -0.05) is 68.7 Å². The summed E-state index contributed by atoms with van der Waals surface area (Å²) in [6.07, 6.45) is 8.41. The molecular formula is C20H28O4. The van der Waals surface area contributed by atoms with E-state index in [-0.39, 0.29) is 11.9 Å². The molecule has 24 heavy (non-hydrogen) atoms. The zero-order chi connectivity index (χ0) is 17.5. The Kier molecular flexibility index (Phi) is 11.1. The van der Waals surface area contributed by atoms with Gasteiger partial charge in [0.25, 0.3) is 0 Å². The van der Waals surface area contributed by atoms with Gasteiger partial charge in [-0.25, -0.2) is 0 Å². The molecule has 1 rings (SSSR count). The highest BCUT2D eigenvalue weighted by atomic mass is 16.5. The van der Waals surface area contributed by atoms with E-state index in [0.717, 1.165) is 44.1 Å². The molecule has 0 aliphatic heterocycles. The zero-order valence-corrected chi connectivity index (χ0v) is 14.4. The van der Waals surface area contributed by atoms with Crippen LogP contribution in [0.2, 0.25) is 0 Å². The zero-order valence-electron chi connectivity index (χ0n) is 14.4. The summed E-state index contributed by atoms with van der Waals surface area (Å²) < 4.78 is 10.1. The molecule has 0 unspecified atom stereocenters. The van der Waals surface area contributed by atoms with Crippen molar-refractivity contribution in [1.29, 1.82) is 0 Å². The molecule has 1 aromatic rings. The summed E-state index contributed by atoms with van der Waals surface area (Å²) in [7, 11) is 0. The van der Waals surface area contributed by atoms with E-state index >= 15 is 0 Å². The summed E-state index contributed by atoms with van der Waals surface area (Å²) in [5, 5.41) is 0. The maximum Gasteiger partial charge on any atom is 0.306 e. The summed E-state index contributed by atoms with van der Waals surface area (Å²) in [6, 6.07) is 9.70. The first-order chi connectivity index (χ1) is 11.7. The number of unbranched alkanes of at least 4 members (excludes halogenated alkanes) is 5. The molecule has 1 aromatic carbocycles. The lowest BCUT2D eigenvalue weighted by atomic mass is 10.1. The average molecular weight is 332 g/mol. The van der Waals surface area contributed by atoms with Gasteiger partial charge in [0, 0.05) is 12.8 Å². The third-order valence-electron chi connectivity index (χ3n) is 3.62. The third-order valence-corrected chi connectivity index (χ3v) is 3.62. The molecule has 132 valence electrons. The van der Waals surface area contributed by atoms with Gasteiger partial charge in [0.05, 0.1) is 0 Å². The quantitative estimate of drug-likeness (QED) is 0.301. The van der Waals surface area contributed by atoms with Crippen LogP contribution in [0.4, 0.5) is 0 Å². The SMILES string of the molecule is C=CCOC(=O)CCCCCCCCC(=O)OCc1ccccc1. The summed E-state index contributed by atoms with van der Waals surface area (Å²) in [4.78, 5) is 22.9. The van der Waals surface area contributed by atoms with Gasteiger partial charge in [-0.15, -0.1) is 0 Å². The molecule has 0 fully saturated rings. The van der Waals surface area contributed by atoms with E-state index in [1.807, 2.05) is 30.3 Å². The van der Waals surface area contributed by atoms with Crippen LogP contribution in [0.3, 0.4) is 0 Å². The van der Waals surface area contributed by atoms with Gasteiger partial charge in [-0.05, 0) is 18.4 Å². The van der Waals surface area contributed by atoms with Crippen molar-refractivity contribution < 1.29 is 19.1 Å². The molecule has 0 aliphatic carbocycles. The smallest absolute Gasteiger partial charge is 0.306 e. The summed E-state index contributed by atoms with van der Waals surface area (Å²) >= 11 is 0. The van der Waals surface area contributed by atoms with Gasteiger partial charge < -0.3 is 9.47 Å². The van der Waals surface area contributed by atoms with E-state index in [1.54, 1.807) is 6.08 Å². The highest BCUT2D eigenvalue weighted by Gasteiger charge is 2.04. The second-order valence-electron chi connectivity index (χ2n) is 5.74. The van der Waals surface area contributed by atoms with Crippen LogP contribution in [0.15, 0.2) is 43.0 Å². The molecule has 4 nitrogen and oxygen atoms in total. The lowest BCUT2D eigenvalue weighted by Gasteiger charge is -2.05. The van der Waals surface area contributed by atoms with Crippen LogP contribution in [0.25, 0.3) is 0 Å². The third kappa shape index (κ3) is 10.6. The Labute approximate surface area is 144 Å². The molecule has 0 saturated carbocycles. The maximum atomic E-state index is 11.6. The first-order valence-electron chi connectivity index (χ1n) is 8.68. The van der Waals surface area contributed by atoms with E-state index in [1.165, 1.54) is 0 Å². The topological polar surface area (TPSA) is 52.6 Å². The molecule has 0 spiro atoms. The lowest BCUT2D eigenvalue weighted by Crippen LogP contribution is -2.04. The largest absolute Gasteiger partial charge is 0.461 e. The van der Waals surface area contributed by atoms with Crippen molar-refractivity contribution in [1.82, 2.24) is 0 Å². The molecule has 0 N–H and O–H groups in total. The van der Waals surface area contributed by atoms with Crippen molar-refractivity contribution in [2.24, 2.45) is 0 Å². The minimum Gasteiger partial charge on any atom is -0.461 e. The Hall–Kier alpha value is -2.10. The molecule has 0 aliphatic rings. The molecule has 0 amide bonds. The van der Waals surface area contributed by atoms with E-state index in [2.05, 4.69) is 6.58 Å². The van der Waals surface area contributed by atoms with Gasteiger partial charge in [0.15, 0.2) is 0 Å². The second-order valence-corrected chi connectivity index (χ2v) is 5.74. The van der Waals surface area contributed by atoms with Gasteiger partial charge in [-0.3, -0.25) is 9.59 Å². The van der Waals surface area contributed by atoms with E-state index in [9.17, 15) is 9.59 Å². The number of carbonyl (C=O) groups excluding carboxylic acids is 2. The molecule has 4 heteroatoms. The molecule has 0 aromatic heterocycles. The van der Waals surface area contributed by atoms with Crippen LogP contribution in [0.1, 0.15) is 56.9 Å². The molecule has 0 atom stereocenters. The molecule has 0 bridgehead atoms. The van der Waals surface area contributed by atoms with Crippen molar-refractivity contribution in [3.8, 4) is 0 Å². The van der Waals surface area contributed by atoms with Gasteiger partial charge >= 0.3 is 11.9 Å². The van der Waals surface area contributed by atoms with Gasteiger partial charge in [0.2, 0.25) is 0 Å². The Balaban J connectivity index is 1.90. The summed E-state index contributed by atoms with van der Waals surface area (Å²) in [5.41, 5.74) is 1.01. The van der Waals surface area contributed by atoms with E-state index in [0.29, 0.717) is 26.1 Å². The minimum atomic E-state index is -0.156. The number of hydrogen-bond acceptors (Lipinski definition) is 4. The van der Waals surface area contributed by atoms with Crippen molar-refractivity contribution in [2.45, 2.75) is 58.0 Å². The first kappa shape index (κ1) is 19.9. The number of carbonyl (C=O) groups is 2. The number of hydrogen-bond donors (Lipinski definition) is 0. The molecule has 0 heterocycles. The highest BCUT2D eigenvalue weighted by molar-refractivity contribution is 5.69. The van der Waals surface area contributed by atoms with Crippen molar-refractivity contribution >= 4 is 11.9 Å². The van der Waals surface area contributed by atoms with E-state index in [4.69, 9.17) is 9.47 Å². The Morgan fingerprint density at radius 3 is 1.96 bits per heavy atom. The fourth-order valence-electron chi connectivity index (χ4n) is 2.28. The molecule has 0 saturated heterocycles. The van der Waals surface area contributed by atoms with Crippen LogP contribution in [-0.4, -0.2) is 18.5 Å². The normalized spacial score (nSPS) is 10.2. The predicted molar refractivity (Wildman–Crippen MR) is 94.3 cm³/mol. The number of ether oxygens (including phenoxy) is 2. The summed E-state index contributed by atoms with van der Waals surface area (Å²) in [5.74, 6) is -0.292. The maximum absolute atomic E-state index is 11.6. The van der Waals surface area contributed by atoms with Gasteiger partial charge in [0.1, 0.15) is 13.2 Å². The van der Waals surface area contributed by atoms with Crippen LogP contribution in [0, 0.1) is 0 Å². The standard InChI is InChI=1S/C20H28O4/c1-2-16-23-19(21)14-10-5-3-4-6-11-15-20(22)24-17-18-12-8-7-9-13-18/h2,7-9,12-13H,1,3-6,10-11,14-17H2. The number of esters is 2. The van der Waals surface area contributed by atoms with Crippen molar-refractivity contribution in [3.05, 3.63) is 48.6 Å². The monoisotopic (exact) mass is 332 g/mol. The van der Waals surface area contributed by atoms with Crippen molar-refractivity contribution in [3.63, 3.8) is 0 Å². The van der Waals surface area contributed by atoms with Gasteiger partial charge in [-0.2, -0.15) is 0 Å². The first-order valence-corrected chi connectivity index (χ1v) is 8.68. The Bertz CT molecular complexity index is 482. The van der Waals surface area contributed by atoms with Crippen LogP contribution in [-0.2, 0) is 25.7 Å². The Morgan fingerprint density at radius 1 is 0.833 bits per heavy atom. The minimum absolute atomic E-state index is 0.135. The molecular weight excluding hydrogens is 304 g/mol. The predicted octanol–water partition coefficient (Wildman–Crippen LogP) is 4.58. The van der Waals surface area contributed by atoms with Crippen LogP contribution < -0.4 is 0 Å². The Morgan fingerprint density at radius 2 is 1.38 bits per heavy atom. The number of rotatable bonds is 13. The average Bonchev–Trinajstić information content (AvgIpc) is 2.61. The molecule has 0 radical (unpaired) electrons. The van der Waals surface area contributed by atoms with Crippen LogP contribution in [0.5, 0.6) is 0 Å². The summed E-state index contributed by atoms with van der Waals surface area (Å²) in [6.45, 7) is 4.14. The lowest BCUT2D eigenvalue weighted by molar-refractivity contribution is -0.145. The number of benzene rings is 1. The fraction of sp³-hybridized carbons (Fsp3) is 0.500. The van der Waals surface area contributed by atoms with Crippen LogP contribution >= 0.6 is 0 Å².